The van der Waals surface area contributed by atoms with E-state index in [-0.39, 0.29) is 31.1 Å². The topological polar surface area (TPSA) is 78.9 Å². The van der Waals surface area contributed by atoms with E-state index in [0.717, 1.165) is 96.3 Å². The van der Waals surface area contributed by atoms with Gasteiger partial charge in [0.25, 0.3) is 0 Å². The SMILES string of the molecule is CC/C=C\C/C=C\C/C=C\C/C=C\C/C=C\CCCCCCCCCCCCCCCC(=O)OCC(COC(=O)CCCCCCC/C=C\CCCCC)OC(=O)CCCCCCCCCCC/C=C\CCCCCCCC. The van der Waals surface area contributed by atoms with Crippen LogP contribution in [0.5, 0.6) is 0 Å². The summed E-state index contributed by atoms with van der Waals surface area (Å²) >= 11 is 0. The molecule has 0 heterocycles. The van der Waals surface area contributed by atoms with Gasteiger partial charge in [0.1, 0.15) is 13.2 Å². The maximum absolute atomic E-state index is 12.9. The summed E-state index contributed by atoms with van der Waals surface area (Å²) < 4.78 is 16.9. The summed E-state index contributed by atoms with van der Waals surface area (Å²) in [7, 11) is 0. The van der Waals surface area contributed by atoms with Gasteiger partial charge >= 0.3 is 17.9 Å². The van der Waals surface area contributed by atoms with Gasteiger partial charge in [-0.15, -0.1) is 0 Å². The van der Waals surface area contributed by atoms with Crippen molar-refractivity contribution in [2.45, 2.75) is 341 Å². The third-order valence-electron chi connectivity index (χ3n) is 14.6. The first-order valence-electron chi connectivity index (χ1n) is 33.6. The van der Waals surface area contributed by atoms with Crippen LogP contribution in [0.3, 0.4) is 0 Å². The smallest absolute Gasteiger partial charge is 0.306 e. The number of unbranched alkanes of at least 4 members (excludes halogenated alkanes) is 36. The minimum atomic E-state index is -0.781. The van der Waals surface area contributed by atoms with Crippen molar-refractivity contribution in [3.63, 3.8) is 0 Å². The van der Waals surface area contributed by atoms with E-state index in [1.165, 1.54) is 199 Å². The van der Waals surface area contributed by atoms with Crippen LogP contribution >= 0.6 is 0 Å². The van der Waals surface area contributed by atoms with E-state index in [1.54, 1.807) is 0 Å². The average Bonchev–Trinajstić information content (AvgIpc) is 3.44. The maximum Gasteiger partial charge on any atom is 0.306 e. The molecule has 450 valence electrons. The Hall–Kier alpha value is -3.41. The van der Waals surface area contributed by atoms with E-state index >= 15 is 0 Å². The quantitative estimate of drug-likeness (QED) is 0.0261. The van der Waals surface area contributed by atoms with Crippen LogP contribution in [0.4, 0.5) is 0 Å². The van der Waals surface area contributed by atoms with Crippen molar-refractivity contribution in [1.82, 2.24) is 0 Å². The molecule has 1 unspecified atom stereocenters. The molecule has 6 heteroatoms. The fourth-order valence-corrected chi connectivity index (χ4v) is 9.58. The average molecular weight is 1090 g/mol. The molecule has 6 nitrogen and oxygen atoms in total. The molecule has 0 saturated heterocycles. The molecule has 0 bridgehead atoms. The summed E-state index contributed by atoms with van der Waals surface area (Å²) in [5.41, 5.74) is 0. The third kappa shape index (κ3) is 63.4. The first-order valence-corrected chi connectivity index (χ1v) is 33.6. The minimum absolute atomic E-state index is 0.0779. The Morgan fingerprint density at radius 3 is 0.821 bits per heavy atom. The number of hydrogen-bond acceptors (Lipinski definition) is 6. The van der Waals surface area contributed by atoms with E-state index < -0.39 is 6.10 Å². The molecule has 0 aliphatic heterocycles. The minimum Gasteiger partial charge on any atom is -0.462 e. The molecular formula is C72H126O6. The zero-order valence-corrected chi connectivity index (χ0v) is 51.7. The van der Waals surface area contributed by atoms with Gasteiger partial charge in [-0.3, -0.25) is 14.4 Å². The lowest BCUT2D eigenvalue weighted by molar-refractivity contribution is -0.167. The molecule has 0 radical (unpaired) electrons. The van der Waals surface area contributed by atoms with Crippen molar-refractivity contribution in [3.05, 3.63) is 85.1 Å². The Labute approximate surface area is 484 Å². The Bertz CT molecular complexity index is 1480. The van der Waals surface area contributed by atoms with E-state index in [4.69, 9.17) is 14.2 Å². The summed E-state index contributed by atoms with van der Waals surface area (Å²) in [6.45, 7) is 6.53. The second-order valence-corrected chi connectivity index (χ2v) is 22.3. The molecule has 78 heavy (non-hydrogen) atoms. The van der Waals surface area contributed by atoms with Crippen LogP contribution in [-0.2, 0) is 28.6 Å². The lowest BCUT2D eigenvalue weighted by Gasteiger charge is -2.18. The molecule has 0 amide bonds. The van der Waals surface area contributed by atoms with Gasteiger partial charge in [0.15, 0.2) is 6.10 Å². The third-order valence-corrected chi connectivity index (χ3v) is 14.6. The predicted molar refractivity (Wildman–Crippen MR) is 339 cm³/mol. The van der Waals surface area contributed by atoms with E-state index in [1.807, 2.05) is 0 Å². The Balaban J connectivity index is 4.23. The van der Waals surface area contributed by atoms with Crippen molar-refractivity contribution in [2.24, 2.45) is 0 Å². The number of allylic oxidation sites excluding steroid dienone is 14. The molecule has 0 aliphatic carbocycles. The number of rotatable bonds is 61. The first-order chi connectivity index (χ1) is 38.5. The first kappa shape index (κ1) is 74.6. The normalized spacial score (nSPS) is 12.6. The summed E-state index contributed by atoms with van der Waals surface area (Å²) in [5.74, 6) is -0.876. The fraction of sp³-hybridized carbons (Fsp3) is 0.764. The zero-order chi connectivity index (χ0) is 56.4. The molecule has 0 aliphatic rings. The molecule has 0 aromatic heterocycles. The van der Waals surface area contributed by atoms with Gasteiger partial charge in [0.05, 0.1) is 0 Å². The van der Waals surface area contributed by atoms with Crippen LogP contribution in [0.2, 0.25) is 0 Å². The molecule has 0 rings (SSSR count). The van der Waals surface area contributed by atoms with Gasteiger partial charge in [-0.05, 0) is 116 Å². The summed E-state index contributed by atoms with van der Waals surface area (Å²) in [6.07, 6.45) is 87.4. The molecule has 0 N–H and O–H groups in total. The van der Waals surface area contributed by atoms with Crippen LogP contribution in [0, 0.1) is 0 Å². The summed E-state index contributed by atoms with van der Waals surface area (Å²) in [5, 5.41) is 0. The predicted octanol–water partition coefficient (Wildman–Crippen LogP) is 23.1. The zero-order valence-electron chi connectivity index (χ0n) is 51.7. The van der Waals surface area contributed by atoms with Crippen LogP contribution in [0.1, 0.15) is 335 Å². The van der Waals surface area contributed by atoms with Crippen LogP contribution in [-0.4, -0.2) is 37.2 Å². The Morgan fingerprint density at radius 1 is 0.269 bits per heavy atom. The molecule has 1 atom stereocenters. The highest BCUT2D eigenvalue weighted by molar-refractivity contribution is 5.71. The monoisotopic (exact) mass is 1090 g/mol. The highest BCUT2D eigenvalue weighted by atomic mass is 16.6. The van der Waals surface area contributed by atoms with E-state index in [2.05, 4.69) is 106 Å². The van der Waals surface area contributed by atoms with Gasteiger partial charge in [-0.25, -0.2) is 0 Å². The van der Waals surface area contributed by atoms with E-state index in [0.29, 0.717) is 19.3 Å². The number of hydrogen-bond donors (Lipinski definition) is 0. The molecule has 0 saturated carbocycles. The van der Waals surface area contributed by atoms with Crippen molar-refractivity contribution in [3.8, 4) is 0 Å². The standard InChI is InChI=1S/C72H126O6/c1-4-7-10-13-16-19-22-25-27-29-31-32-33-34-35-36-37-38-39-40-42-43-45-47-50-53-56-59-62-65-71(74)77-68-69(67-76-70(73)64-61-58-55-52-49-24-21-18-15-12-9-6-3)78-72(75)66-63-60-57-54-51-48-46-44-41-30-28-26-23-20-17-14-11-8-5-2/h7,10,16,18-19,21,25-28,31-32,34-35,69H,4-6,8-9,11-15,17,20,22-24,29-30,33,36-68H2,1-3H3/b10-7-,19-16-,21-18-,27-25-,28-26-,32-31-,35-34-. The molecule has 0 aromatic rings. The van der Waals surface area contributed by atoms with Crippen molar-refractivity contribution in [1.29, 1.82) is 0 Å². The number of carbonyl (C=O) groups excluding carboxylic acids is 3. The van der Waals surface area contributed by atoms with Crippen molar-refractivity contribution in [2.75, 3.05) is 13.2 Å². The lowest BCUT2D eigenvalue weighted by atomic mass is 10.0. The van der Waals surface area contributed by atoms with Crippen LogP contribution in [0.15, 0.2) is 85.1 Å². The lowest BCUT2D eigenvalue weighted by Crippen LogP contribution is -2.30. The van der Waals surface area contributed by atoms with Crippen LogP contribution < -0.4 is 0 Å². The highest BCUT2D eigenvalue weighted by Crippen LogP contribution is 2.17. The Morgan fingerprint density at radius 2 is 0.500 bits per heavy atom. The number of ether oxygens (including phenoxy) is 3. The van der Waals surface area contributed by atoms with Gasteiger partial charge in [-0.1, -0.05) is 286 Å². The van der Waals surface area contributed by atoms with Gasteiger partial charge in [0, 0.05) is 19.3 Å². The van der Waals surface area contributed by atoms with Gasteiger partial charge < -0.3 is 14.2 Å². The number of esters is 3. The largest absolute Gasteiger partial charge is 0.462 e. The van der Waals surface area contributed by atoms with Crippen molar-refractivity contribution >= 4 is 17.9 Å². The summed E-state index contributed by atoms with van der Waals surface area (Å²) in [4.78, 5) is 38.3. The van der Waals surface area contributed by atoms with Gasteiger partial charge in [-0.2, -0.15) is 0 Å². The van der Waals surface area contributed by atoms with Crippen molar-refractivity contribution < 1.29 is 28.6 Å². The Kier molecular flexibility index (Phi) is 63.2. The maximum atomic E-state index is 12.9. The second-order valence-electron chi connectivity index (χ2n) is 22.3. The fourth-order valence-electron chi connectivity index (χ4n) is 9.58. The van der Waals surface area contributed by atoms with Gasteiger partial charge in [0.2, 0.25) is 0 Å². The molecule has 0 spiro atoms. The molecular weight excluding hydrogens is 961 g/mol. The highest BCUT2D eigenvalue weighted by Gasteiger charge is 2.19. The second kappa shape index (κ2) is 66.1. The summed E-state index contributed by atoms with van der Waals surface area (Å²) in [6, 6.07) is 0. The van der Waals surface area contributed by atoms with Crippen LogP contribution in [0.25, 0.3) is 0 Å². The molecule has 0 aromatic carbocycles. The van der Waals surface area contributed by atoms with E-state index in [9.17, 15) is 14.4 Å². The number of carbonyl (C=O) groups is 3. The molecule has 0 fully saturated rings.